The van der Waals surface area contributed by atoms with E-state index < -0.39 is 6.98 Å². The van der Waals surface area contributed by atoms with Crippen LogP contribution in [0.4, 0.5) is 0 Å². The molecule has 2 bridgehead atoms. The van der Waals surface area contributed by atoms with Crippen molar-refractivity contribution in [2.24, 2.45) is 17.3 Å². The molecule has 0 heterocycles. The third-order valence-electron chi connectivity index (χ3n) is 4.87. The summed E-state index contributed by atoms with van der Waals surface area (Å²) in [6.07, 6.45) is 3.66. The molecular weight excluding hydrogens is 146 g/mol. The minimum atomic E-state index is -2.02. The van der Waals surface area contributed by atoms with E-state index in [1.165, 1.54) is 19.3 Å². The highest BCUT2D eigenvalue weighted by molar-refractivity contribution is 5.13. The molecular formula is C11H21N. The summed E-state index contributed by atoms with van der Waals surface area (Å²) < 4.78 is 22.2. The maximum Gasteiger partial charge on any atom is 0.0392 e. The third-order valence-corrected chi connectivity index (χ3v) is 4.87. The Morgan fingerprint density at radius 1 is 1.25 bits per heavy atom. The van der Waals surface area contributed by atoms with Crippen molar-refractivity contribution in [1.82, 2.24) is 5.32 Å². The second-order valence-electron chi connectivity index (χ2n) is 5.26. The number of hydrogen-bond acceptors (Lipinski definition) is 1. The highest BCUT2D eigenvalue weighted by Crippen LogP contribution is 2.60. The van der Waals surface area contributed by atoms with Gasteiger partial charge in [-0.25, -0.2) is 0 Å². The Bertz CT molecular complexity index is 271. The van der Waals surface area contributed by atoms with Gasteiger partial charge in [-0.15, -0.1) is 0 Å². The van der Waals surface area contributed by atoms with E-state index in [4.69, 9.17) is 4.11 Å². The van der Waals surface area contributed by atoms with Crippen LogP contribution in [0.5, 0.6) is 0 Å². The van der Waals surface area contributed by atoms with Gasteiger partial charge in [0.1, 0.15) is 0 Å². The maximum absolute atomic E-state index is 7.40. The lowest BCUT2D eigenvalue weighted by Gasteiger charge is -2.47. The molecule has 3 atom stereocenters. The lowest BCUT2D eigenvalue weighted by Crippen LogP contribution is -2.55. The van der Waals surface area contributed by atoms with Gasteiger partial charge in [0.2, 0.25) is 0 Å². The molecule has 0 aromatic rings. The monoisotopic (exact) mass is 170 g/mol. The summed E-state index contributed by atoms with van der Waals surface area (Å²) in [5.41, 5.74) is -0.120. The van der Waals surface area contributed by atoms with E-state index in [0.717, 1.165) is 0 Å². The topological polar surface area (TPSA) is 12.0 Å². The van der Waals surface area contributed by atoms with Crippen LogP contribution in [0, 0.1) is 17.3 Å². The Labute approximate surface area is 80.1 Å². The van der Waals surface area contributed by atoms with Crippen molar-refractivity contribution >= 4 is 0 Å². The van der Waals surface area contributed by atoms with Crippen molar-refractivity contribution in [2.75, 3.05) is 6.98 Å². The zero-order valence-corrected chi connectivity index (χ0v) is 8.28. The van der Waals surface area contributed by atoms with Crippen molar-refractivity contribution in [3.8, 4) is 0 Å². The molecule has 0 spiro atoms. The van der Waals surface area contributed by atoms with Crippen molar-refractivity contribution < 1.29 is 4.11 Å². The van der Waals surface area contributed by atoms with Gasteiger partial charge in [0.05, 0.1) is 0 Å². The average Bonchev–Trinajstić information content (AvgIpc) is 2.52. The molecule has 0 aromatic heterocycles. The number of rotatable bonds is 1. The summed E-state index contributed by atoms with van der Waals surface area (Å²) in [5, 5.41) is 2.92. The summed E-state index contributed by atoms with van der Waals surface area (Å²) in [5.74, 6) is 1.24. The van der Waals surface area contributed by atoms with Crippen LogP contribution in [0.1, 0.15) is 44.1 Å². The molecule has 3 unspecified atom stereocenters. The summed E-state index contributed by atoms with van der Waals surface area (Å²) in [4.78, 5) is 0. The number of hydrogen-bond donors (Lipinski definition) is 1. The standard InChI is InChI=1S/C11H21N/c1-10(2)8-5-6-9(7-8)11(10,3)12-4/h8-9,12H,5-7H2,1-4H3/i4D3. The molecule has 0 aliphatic heterocycles. The fourth-order valence-electron chi connectivity index (χ4n) is 3.37. The van der Waals surface area contributed by atoms with Crippen LogP contribution in [0.25, 0.3) is 0 Å². The summed E-state index contributed by atoms with van der Waals surface area (Å²) in [6, 6.07) is 0. The van der Waals surface area contributed by atoms with Crippen LogP contribution in [0.3, 0.4) is 0 Å². The van der Waals surface area contributed by atoms with E-state index in [0.29, 0.717) is 11.8 Å². The first-order valence-corrected chi connectivity index (χ1v) is 4.96. The minimum absolute atomic E-state index is 0.102. The fraction of sp³-hybridized carbons (Fsp3) is 1.00. The molecule has 2 rings (SSSR count). The predicted octanol–water partition coefficient (Wildman–Crippen LogP) is 2.42. The summed E-state index contributed by atoms with van der Waals surface area (Å²) >= 11 is 0. The van der Waals surface area contributed by atoms with Crippen LogP contribution in [0.2, 0.25) is 0 Å². The highest BCUT2D eigenvalue weighted by Gasteiger charge is 2.59. The molecule has 2 fully saturated rings. The molecule has 0 amide bonds. The fourth-order valence-corrected chi connectivity index (χ4v) is 3.37. The van der Waals surface area contributed by atoms with Gasteiger partial charge in [-0.2, -0.15) is 0 Å². The van der Waals surface area contributed by atoms with Gasteiger partial charge >= 0.3 is 0 Å². The van der Waals surface area contributed by atoms with Gasteiger partial charge in [0, 0.05) is 9.65 Å². The first-order valence-electron chi connectivity index (χ1n) is 6.46. The molecule has 1 heteroatoms. The smallest absolute Gasteiger partial charge is 0.0392 e. The van der Waals surface area contributed by atoms with Gasteiger partial charge in [-0.1, -0.05) is 13.8 Å². The molecule has 1 N–H and O–H groups in total. The molecule has 2 aliphatic rings. The van der Waals surface area contributed by atoms with Crippen LogP contribution < -0.4 is 5.32 Å². The van der Waals surface area contributed by atoms with Crippen LogP contribution in [-0.4, -0.2) is 12.5 Å². The predicted molar refractivity (Wildman–Crippen MR) is 52.1 cm³/mol. The largest absolute Gasteiger partial charge is 0.314 e. The maximum atomic E-state index is 7.40. The first-order chi connectivity index (χ1) is 6.67. The van der Waals surface area contributed by atoms with Crippen LogP contribution in [0.15, 0.2) is 0 Å². The van der Waals surface area contributed by atoms with Crippen LogP contribution >= 0.6 is 0 Å². The Kier molecular flexibility index (Phi) is 1.06. The zero-order valence-electron chi connectivity index (χ0n) is 11.3. The second kappa shape index (κ2) is 2.25. The van der Waals surface area contributed by atoms with Crippen molar-refractivity contribution in [3.63, 3.8) is 0 Å². The van der Waals surface area contributed by atoms with Gasteiger partial charge in [-0.05, 0) is 50.4 Å². The molecule has 70 valence electrons. The van der Waals surface area contributed by atoms with Crippen molar-refractivity contribution in [2.45, 2.75) is 45.6 Å². The second-order valence-corrected chi connectivity index (χ2v) is 5.26. The van der Waals surface area contributed by atoms with E-state index in [1.54, 1.807) is 0 Å². The van der Waals surface area contributed by atoms with Crippen molar-refractivity contribution in [1.29, 1.82) is 0 Å². The molecule has 0 saturated heterocycles. The van der Waals surface area contributed by atoms with Crippen LogP contribution in [-0.2, 0) is 0 Å². The third kappa shape index (κ3) is 0.736. The Morgan fingerprint density at radius 3 is 2.42 bits per heavy atom. The lowest BCUT2D eigenvalue weighted by molar-refractivity contribution is 0.0732. The number of fused-ring (bicyclic) bond motifs is 2. The SMILES string of the molecule is [2H]C([2H])([2H])NC1(C)C2CCC(C2)C1(C)C. The highest BCUT2D eigenvalue weighted by atomic mass is 15.0. The molecule has 0 aromatic carbocycles. The number of nitrogens with one attached hydrogen (secondary N) is 1. The van der Waals surface area contributed by atoms with E-state index in [2.05, 4.69) is 26.1 Å². The quantitative estimate of drug-likeness (QED) is 0.637. The Balaban J connectivity index is 2.27. The molecule has 0 radical (unpaired) electrons. The lowest BCUT2D eigenvalue weighted by atomic mass is 9.64. The van der Waals surface area contributed by atoms with Gasteiger partial charge in [-0.3, -0.25) is 0 Å². The van der Waals surface area contributed by atoms with Crippen molar-refractivity contribution in [3.05, 3.63) is 0 Å². The van der Waals surface area contributed by atoms with E-state index in [1.807, 2.05) is 0 Å². The average molecular weight is 170 g/mol. The van der Waals surface area contributed by atoms with Gasteiger partial charge < -0.3 is 5.32 Å². The first kappa shape index (κ1) is 5.64. The Hall–Kier alpha value is -0.0400. The normalized spacial score (nSPS) is 54.8. The van der Waals surface area contributed by atoms with E-state index >= 15 is 0 Å². The van der Waals surface area contributed by atoms with E-state index in [9.17, 15) is 0 Å². The molecule has 12 heavy (non-hydrogen) atoms. The molecule has 2 aliphatic carbocycles. The molecule has 2 saturated carbocycles. The van der Waals surface area contributed by atoms with E-state index in [-0.39, 0.29) is 11.0 Å². The van der Waals surface area contributed by atoms with Gasteiger partial charge in [0.25, 0.3) is 0 Å². The van der Waals surface area contributed by atoms with Gasteiger partial charge in [0.15, 0.2) is 0 Å². The summed E-state index contributed by atoms with van der Waals surface area (Å²) in [7, 11) is 0. The Morgan fingerprint density at radius 2 is 1.92 bits per heavy atom. The molecule has 1 nitrogen and oxygen atoms in total. The minimum Gasteiger partial charge on any atom is -0.314 e. The summed E-state index contributed by atoms with van der Waals surface area (Å²) in [6.45, 7) is 4.52. The zero-order chi connectivity index (χ0) is 11.5.